The van der Waals surface area contributed by atoms with Crippen molar-refractivity contribution in [2.75, 3.05) is 46.9 Å². The molecule has 1 aromatic carbocycles. The normalized spacial score (nSPS) is 14.5. The molecule has 0 unspecified atom stereocenters. The van der Waals surface area contributed by atoms with Gasteiger partial charge in [0.05, 0.1) is 13.7 Å². The van der Waals surface area contributed by atoms with Gasteiger partial charge in [-0.3, -0.25) is 9.69 Å². The topological polar surface area (TPSA) is 44.8 Å². The summed E-state index contributed by atoms with van der Waals surface area (Å²) in [6.45, 7) is 4.97. The maximum atomic E-state index is 12.2. The number of rotatable bonds is 5. The minimum atomic E-state index is 0. The fourth-order valence-corrected chi connectivity index (χ4v) is 2.27. The number of amides is 1. The number of halogens is 2. The average Bonchev–Trinajstić information content (AvgIpc) is 2.49. The maximum absolute atomic E-state index is 12.2. The molecule has 1 aliphatic rings. The molecule has 2 rings (SSSR count). The molecule has 0 aliphatic carbocycles. The number of hydrogen-bond donors (Lipinski definition) is 1. The minimum absolute atomic E-state index is 0. The van der Waals surface area contributed by atoms with Crippen molar-refractivity contribution in [3.05, 3.63) is 29.8 Å². The summed E-state index contributed by atoms with van der Waals surface area (Å²) in [4.78, 5) is 16.2. The molecule has 1 aromatic rings. The van der Waals surface area contributed by atoms with Crippen LogP contribution in [0.25, 0.3) is 0 Å². The minimum Gasteiger partial charge on any atom is -0.497 e. The molecule has 1 heterocycles. The first kappa shape index (κ1) is 21.0. The largest absolute Gasteiger partial charge is 0.497 e. The van der Waals surface area contributed by atoms with Crippen LogP contribution in [0.5, 0.6) is 5.75 Å². The second-order valence-corrected chi connectivity index (χ2v) is 5.12. The molecule has 22 heavy (non-hydrogen) atoms. The summed E-state index contributed by atoms with van der Waals surface area (Å²) in [7, 11) is 3.51. The quantitative estimate of drug-likeness (QED) is 0.872. The van der Waals surface area contributed by atoms with Crippen molar-refractivity contribution in [1.82, 2.24) is 15.1 Å². The Morgan fingerprint density at radius 3 is 2.36 bits per heavy atom. The van der Waals surface area contributed by atoms with Gasteiger partial charge in [-0.1, -0.05) is 12.1 Å². The van der Waals surface area contributed by atoms with Gasteiger partial charge in [-0.05, 0) is 17.7 Å². The summed E-state index contributed by atoms with van der Waals surface area (Å²) in [5.74, 6) is 1.01. The zero-order valence-electron chi connectivity index (χ0n) is 13.1. The van der Waals surface area contributed by atoms with Crippen molar-refractivity contribution in [3.8, 4) is 5.75 Å². The van der Waals surface area contributed by atoms with E-state index in [2.05, 4.69) is 10.2 Å². The van der Waals surface area contributed by atoms with Crippen molar-refractivity contribution in [2.24, 2.45) is 0 Å². The van der Waals surface area contributed by atoms with Crippen LogP contribution in [0.3, 0.4) is 0 Å². The third kappa shape index (κ3) is 6.40. The SMILES string of the molecule is COc1ccc(CN(C)C(=O)CN2CCNCC2)cc1.Cl.Cl. The summed E-state index contributed by atoms with van der Waals surface area (Å²) < 4.78 is 5.13. The first-order valence-electron chi connectivity index (χ1n) is 6.99. The van der Waals surface area contributed by atoms with Crippen LogP contribution in [0.15, 0.2) is 24.3 Å². The summed E-state index contributed by atoms with van der Waals surface area (Å²) in [6.07, 6.45) is 0. The molecule has 5 nitrogen and oxygen atoms in total. The zero-order valence-corrected chi connectivity index (χ0v) is 14.7. The monoisotopic (exact) mass is 349 g/mol. The molecule has 0 aromatic heterocycles. The van der Waals surface area contributed by atoms with Gasteiger partial charge < -0.3 is 15.0 Å². The summed E-state index contributed by atoms with van der Waals surface area (Å²) in [5.41, 5.74) is 1.11. The van der Waals surface area contributed by atoms with Crippen molar-refractivity contribution in [1.29, 1.82) is 0 Å². The Morgan fingerprint density at radius 1 is 1.23 bits per heavy atom. The number of hydrogen-bond acceptors (Lipinski definition) is 4. The molecule has 1 saturated heterocycles. The van der Waals surface area contributed by atoms with Gasteiger partial charge in [-0.25, -0.2) is 0 Å². The van der Waals surface area contributed by atoms with E-state index in [1.165, 1.54) is 0 Å². The van der Waals surface area contributed by atoms with Gasteiger partial charge >= 0.3 is 0 Å². The second kappa shape index (κ2) is 10.7. The van der Waals surface area contributed by atoms with Gasteiger partial charge in [0.25, 0.3) is 0 Å². The van der Waals surface area contributed by atoms with E-state index in [1.54, 1.807) is 12.0 Å². The Labute approximate surface area is 144 Å². The predicted octanol–water partition coefficient (Wildman–Crippen LogP) is 1.40. The van der Waals surface area contributed by atoms with Crippen molar-refractivity contribution in [2.45, 2.75) is 6.54 Å². The number of carbonyl (C=O) groups is 1. The van der Waals surface area contributed by atoms with Crippen molar-refractivity contribution in [3.63, 3.8) is 0 Å². The lowest BCUT2D eigenvalue weighted by Crippen LogP contribution is -2.47. The van der Waals surface area contributed by atoms with E-state index < -0.39 is 0 Å². The Kier molecular flexibility index (Phi) is 10.2. The maximum Gasteiger partial charge on any atom is 0.236 e. The Bertz CT molecular complexity index is 437. The van der Waals surface area contributed by atoms with Crippen molar-refractivity contribution >= 4 is 30.7 Å². The fourth-order valence-electron chi connectivity index (χ4n) is 2.27. The highest BCUT2D eigenvalue weighted by Crippen LogP contribution is 2.12. The number of methoxy groups -OCH3 is 1. The van der Waals surface area contributed by atoms with Crippen LogP contribution in [0.2, 0.25) is 0 Å². The van der Waals surface area contributed by atoms with E-state index in [0.29, 0.717) is 13.1 Å². The fraction of sp³-hybridized carbons (Fsp3) is 0.533. The van der Waals surface area contributed by atoms with Gasteiger partial charge in [-0.2, -0.15) is 0 Å². The van der Waals surface area contributed by atoms with Crippen LogP contribution >= 0.6 is 24.8 Å². The molecule has 1 N–H and O–H groups in total. The smallest absolute Gasteiger partial charge is 0.236 e. The summed E-state index contributed by atoms with van der Waals surface area (Å²) in [6, 6.07) is 7.83. The van der Waals surface area contributed by atoms with E-state index in [1.807, 2.05) is 31.3 Å². The van der Waals surface area contributed by atoms with Crippen LogP contribution in [0.4, 0.5) is 0 Å². The molecular weight excluding hydrogens is 325 g/mol. The molecule has 0 bridgehead atoms. The van der Waals surface area contributed by atoms with E-state index in [9.17, 15) is 4.79 Å². The van der Waals surface area contributed by atoms with E-state index in [0.717, 1.165) is 37.5 Å². The standard InChI is InChI=1S/C15H23N3O2.2ClH/c1-17(11-13-3-5-14(20-2)6-4-13)15(19)12-18-9-7-16-8-10-18;;/h3-6,16H,7-12H2,1-2H3;2*1H. The number of piperazine rings is 1. The zero-order chi connectivity index (χ0) is 14.4. The molecule has 1 fully saturated rings. The molecule has 1 aliphatic heterocycles. The van der Waals surface area contributed by atoms with E-state index >= 15 is 0 Å². The number of likely N-dealkylation sites (N-methyl/N-ethyl adjacent to an activating group) is 1. The lowest BCUT2D eigenvalue weighted by atomic mass is 10.2. The lowest BCUT2D eigenvalue weighted by molar-refractivity contribution is -0.131. The first-order valence-corrected chi connectivity index (χ1v) is 6.99. The Balaban J connectivity index is 0.00000220. The second-order valence-electron chi connectivity index (χ2n) is 5.12. The summed E-state index contributed by atoms with van der Waals surface area (Å²) in [5, 5.41) is 3.29. The van der Waals surface area contributed by atoms with E-state index in [4.69, 9.17) is 4.74 Å². The van der Waals surface area contributed by atoms with Crippen LogP contribution in [0.1, 0.15) is 5.56 Å². The van der Waals surface area contributed by atoms with Crippen LogP contribution in [0, 0.1) is 0 Å². The van der Waals surface area contributed by atoms with Crippen LogP contribution in [-0.4, -0.2) is 62.6 Å². The first-order chi connectivity index (χ1) is 9.69. The van der Waals surface area contributed by atoms with Gasteiger partial charge in [0.2, 0.25) is 5.91 Å². The molecular formula is C15H25Cl2N3O2. The lowest BCUT2D eigenvalue weighted by Gasteiger charge is -2.28. The highest BCUT2D eigenvalue weighted by atomic mass is 35.5. The highest BCUT2D eigenvalue weighted by Gasteiger charge is 2.16. The third-order valence-corrected chi connectivity index (χ3v) is 3.57. The molecule has 1 amide bonds. The average molecular weight is 350 g/mol. The third-order valence-electron chi connectivity index (χ3n) is 3.57. The van der Waals surface area contributed by atoms with Crippen molar-refractivity contribution < 1.29 is 9.53 Å². The number of nitrogens with zero attached hydrogens (tertiary/aromatic N) is 2. The number of ether oxygens (including phenoxy) is 1. The Morgan fingerprint density at radius 2 is 1.82 bits per heavy atom. The van der Waals surface area contributed by atoms with Gasteiger partial charge in [-0.15, -0.1) is 24.8 Å². The highest BCUT2D eigenvalue weighted by molar-refractivity contribution is 5.85. The van der Waals surface area contributed by atoms with Crippen LogP contribution in [-0.2, 0) is 11.3 Å². The summed E-state index contributed by atoms with van der Waals surface area (Å²) >= 11 is 0. The molecule has 126 valence electrons. The van der Waals surface area contributed by atoms with Gasteiger partial charge in [0.15, 0.2) is 0 Å². The number of carbonyl (C=O) groups excluding carboxylic acids is 1. The van der Waals surface area contributed by atoms with Crippen LogP contribution < -0.4 is 10.1 Å². The molecule has 0 atom stereocenters. The molecule has 0 spiro atoms. The predicted molar refractivity (Wildman–Crippen MR) is 93.3 cm³/mol. The number of nitrogens with one attached hydrogen (secondary N) is 1. The number of benzene rings is 1. The van der Waals surface area contributed by atoms with Gasteiger partial charge in [0.1, 0.15) is 5.75 Å². The Hall–Kier alpha value is -1.01. The molecule has 0 radical (unpaired) electrons. The van der Waals surface area contributed by atoms with Gasteiger partial charge in [0, 0.05) is 39.8 Å². The molecule has 0 saturated carbocycles. The molecule has 7 heteroatoms. The van der Waals surface area contributed by atoms with E-state index in [-0.39, 0.29) is 30.7 Å².